The van der Waals surface area contributed by atoms with Crippen LogP contribution >= 0.6 is 0 Å². The van der Waals surface area contributed by atoms with Gasteiger partial charge in [-0.15, -0.1) is 0 Å². The highest BCUT2D eigenvalue weighted by molar-refractivity contribution is 6.22. The molecule has 0 amide bonds. The minimum absolute atomic E-state index is 0.981. The fourth-order valence-corrected chi connectivity index (χ4v) is 5.88. The van der Waals surface area contributed by atoms with E-state index in [-0.39, 0.29) is 0 Å². The molecule has 4 heteroatoms. The van der Waals surface area contributed by atoms with Crippen molar-refractivity contribution in [1.82, 2.24) is 14.2 Å². The van der Waals surface area contributed by atoms with Crippen molar-refractivity contribution in [2.45, 2.75) is 0 Å². The molecule has 0 saturated heterocycles. The van der Waals surface area contributed by atoms with Crippen molar-refractivity contribution >= 4 is 55.1 Å². The Balaban J connectivity index is 1.63. The number of aromatic nitrogens is 3. The third-order valence-electron chi connectivity index (χ3n) is 7.50. The van der Waals surface area contributed by atoms with Crippen molar-refractivity contribution in [2.24, 2.45) is 0 Å². The zero-order valence-corrected chi connectivity index (χ0v) is 21.1. The number of anilines is 2. The van der Waals surface area contributed by atoms with Gasteiger partial charge in [0.2, 0.25) is 0 Å². The molecule has 184 valence electrons. The Morgan fingerprint density at radius 2 is 1.00 bits per heavy atom. The summed E-state index contributed by atoms with van der Waals surface area (Å²) in [6.45, 7) is 0. The van der Waals surface area contributed by atoms with Crippen molar-refractivity contribution in [1.29, 1.82) is 0 Å². The maximum Gasteiger partial charge on any atom is 0.115 e. The van der Waals surface area contributed by atoms with Crippen LogP contribution in [0.5, 0.6) is 0 Å². The van der Waals surface area contributed by atoms with Crippen LogP contribution in [0.2, 0.25) is 0 Å². The van der Waals surface area contributed by atoms with E-state index in [9.17, 15) is 0 Å². The monoisotopic (exact) mass is 500 g/mol. The first-order chi connectivity index (χ1) is 19.4. The van der Waals surface area contributed by atoms with Crippen molar-refractivity contribution < 1.29 is 0 Å². The molecule has 39 heavy (non-hydrogen) atoms. The van der Waals surface area contributed by atoms with Crippen LogP contribution in [-0.2, 0) is 0 Å². The van der Waals surface area contributed by atoms with Crippen LogP contribution in [0.3, 0.4) is 0 Å². The molecule has 0 fully saturated rings. The molecule has 0 spiro atoms. The fourth-order valence-electron chi connectivity index (χ4n) is 5.88. The molecule has 0 aliphatic rings. The third kappa shape index (κ3) is 3.22. The first-order valence-corrected chi connectivity index (χ1v) is 13.2. The molecule has 0 unspecified atom stereocenters. The van der Waals surface area contributed by atoms with Gasteiger partial charge < -0.3 is 4.57 Å². The summed E-state index contributed by atoms with van der Waals surface area (Å²) in [5, 5.41) is 5.75. The lowest BCUT2D eigenvalue weighted by molar-refractivity contribution is 0.886. The Kier molecular flexibility index (Phi) is 4.79. The summed E-state index contributed by atoms with van der Waals surface area (Å²) in [4.78, 5) is 5.12. The smallest absolute Gasteiger partial charge is 0.115 e. The Labute approximate surface area is 225 Å². The summed E-state index contributed by atoms with van der Waals surface area (Å²) in [7, 11) is 0. The molecule has 0 radical (unpaired) electrons. The Morgan fingerprint density at radius 1 is 0.462 bits per heavy atom. The van der Waals surface area contributed by atoms with E-state index in [0.29, 0.717) is 0 Å². The van der Waals surface area contributed by atoms with Gasteiger partial charge in [-0.2, -0.15) is 0 Å². The van der Waals surface area contributed by atoms with E-state index >= 15 is 0 Å². The van der Waals surface area contributed by atoms with E-state index in [1.807, 2.05) is 6.20 Å². The molecule has 3 heterocycles. The van der Waals surface area contributed by atoms with E-state index in [4.69, 9.17) is 4.98 Å². The van der Waals surface area contributed by atoms with E-state index in [1.54, 1.807) is 0 Å². The quantitative estimate of drug-likeness (QED) is 0.241. The second-order valence-corrected chi connectivity index (χ2v) is 9.72. The Morgan fingerprint density at radius 3 is 1.67 bits per heavy atom. The molecule has 5 aromatic carbocycles. The number of pyridine rings is 1. The molecule has 0 aliphatic carbocycles. The van der Waals surface area contributed by atoms with Crippen molar-refractivity contribution in [3.05, 3.63) is 146 Å². The zero-order chi connectivity index (χ0) is 25.8. The van der Waals surface area contributed by atoms with Gasteiger partial charge in [-0.1, -0.05) is 91.0 Å². The van der Waals surface area contributed by atoms with Gasteiger partial charge in [-0.25, -0.2) is 9.69 Å². The van der Waals surface area contributed by atoms with Crippen LogP contribution in [-0.4, -0.2) is 14.2 Å². The number of rotatable bonds is 4. The molecule has 3 aromatic heterocycles. The van der Waals surface area contributed by atoms with E-state index in [0.717, 1.165) is 55.4 Å². The van der Waals surface area contributed by atoms with Gasteiger partial charge >= 0.3 is 0 Å². The summed E-state index contributed by atoms with van der Waals surface area (Å²) >= 11 is 0. The van der Waals surface area contributed by atoms with Crippen LogP contribution in [0, 0.1) is 0 Å². The van der Waals surface area contributed by atoms with Crippen molar-refractivity contribution in [2.75, 3.05) is 5.01 Å². The van der Waals surface area contributed by atoms with Crippen LogP contribution in [0.1, 0.15) is 0 Å². The van der Waals surface area contributed by atoms with Crippen LogP contribution in [0.25, 0.3) is 49.4 Å². The highest BCUT2D eigenvalue weighted by atomic mass is 15.6. The minimum atomic E-state index is 0.981. The Bertz CT molecular complexity index is 2070. The number of benzene rings is 5. The van der Waals surface area contributed by atoms with Gasteiger partial charge in [-0.05, 0) is 48.5 Å². The van der Waals surface area contributed by atoms with Gasteiger partial charge in [0, 0.05) is 28.0 Å². The first kappa shape index (κ1) is 21.7. The molecule has 0 N–H and O–H groups in total. The number of hydrogen-bond acceptors (Lipinski definition) is 2. The topological polar surface area (TPSA) is 26.0 Å². The Hall–Kier alpha value is -5.35. The van der Waals surface area contributed by atoms with E-state index in [2.05, 4.69) is 154 Å². The minimum Gasteiger partial charge on any atom is -0.307 e. The molecule has 0 bridgehead atoms. The van der Waals surface area contributed by atoms with Crippen molar-refractivity contribution in [3.8, 4) is 5.69 Å². The predicted molar refractivity (Wildman–Crippen MR) is 162 cm³/mol. The summed E-state index contributed by atoms with van der Waals surface area (Å²) in [5.74, 6) is 0. The van der Waals surface area contributed by atoms with Gasteiger partial charge in [-0.3, -0.25) is 4.98 Å². The fraction of sp³-hybridized carbons (Fsp3) is 0. The first-order valence-electron chi connectivity index (χ1n) is 13.2. The van der Waals surface area contributed by atoms with E-state index in [1.165, 1.54) is 5.39 Å². The molecule has 0 atom stereocenters. The van der Waals surface area contributed by atoms with Crippen LogP contribution in [0.4, 0.5) is 11.4 Å². The van der Waals surface area contributed by atoms with Crippen molar-refractivity contribution in [3.63, 3.8) is 0 Å². The SMILES string of the molecule is c1ccc(N(c2ccccc2)n2c3ccccc3c3ncc4c5ccccc5n(-c5ccccc5)c4c32)cc1. The molecule has 0 aliphatic heterocycles. The van der Waals surface area contributed by atoms with Gasteiger partial charge in [0.05, 0.1) is 27.9 Å². The summed E-state index contributed by atoms with van der Waals surface area (Å²) in [5.41, 5.74) is 8.73. The van der Waals surface area contributed by atoms with Crippen LogP contribution < -0.4 is 5.01 Å². The van der Waals surface area contributed by atoms with Crippen LogP contribution in [0.15, 0.2) is 146 Å². The maximum absolute atomic E-state index is 5.12. The molecule has 0 saturated carbocycles. The molecular formula is C35H24N4. The third-order valence-corrected chi connectivity index (χ3v) is 7.50. The predicted octanol–water partition coefficient (Wildman–Crippen LogP) is 8.89. The summed E-state index contributed by atoms with van der Waals surface area (Å²) in [6, 6.07) is 48.9. The zero-order valence-electron chi connectivity index (χ0n) is 21.1. The number of fused-ring (bicyclic) bond motifs is 7. The number of nitrogens with zero attached hydrogens (tertiary/aromatic N) is 4. The summed E-state index contributed by atoms with van der Waals surface area (Å²) in [6.07, 6.45) is 2.05. The second-order valence-electron chi connectivity index (χ2n) is 9.72. The number of para-hydroxylation sites is 5. The van der Waals surface area contributed by atoms with Gasteiger partial charge in [0.25, 0.3) is 0 Å². The average molecular weight is 501 g/mol. The lowest BCUT2D eigenvalue weighted by Gasteiger charge is -2.28. The standard InChI is InChI=1S/C35H24N4/c1-4-14-25(15-5-1)37-31-22-12-10-20-28(31)30-24-36-33-29-21-11-13-23-32(29)39(35(33)34(30)37)38(26-16-6-2-7-17-26)27-18-8-3-9-19-27/h1-24H. The molecule has 4 nitrogen and oxygen atoms in total. The van der Waals surface area contributed by atoms with Gasteiger partial charge in [0.15, 0.2) is 0 Å². The maximum atomic E-state index is 5.12. The largest absolute Gasteiger partial charge is 0.307 e. The molecule has 8 rings (SSSR count). The van der Waals surface area contributed by atoms with Gasteiger partial charge in [0.1, 0.15) is 11.0 Å². The van der Waals surface area contributed by atoms with E-state index < -0.39 is 0 Å². The highest BCUT2D eigenvalue weighted by Crippen LogP contribution is 2.41. The molecular weight excluding hydrogens is 476 g/mol. The highest BCUT2D eigenvalue weighted by Gasteiger charge is 2.25. The average Bonchev–Trinajstić information content (AvgIpc) is 3.52. The second kappa shape index (κ2) is 8.61. The lowest BCUT2D eigenvalue weighted by atomic mass is 10.2. The number of hydrogen-bond donors (Lipinski definition) is 0. The summed E-state index contributed by atoms with van der Waals surface area (Å²) < 4.78 is 4.74. The normalized spacial score (nSPS) is 11.6. The molecule has 8 aromatic rings. The lowest BCUT2D eigenvalue weighted by Crippen LogP contribution is -2.24.